The Hall–Kier alpha value is -1.35. The summed E-state index contributed by atoms with van der Waals surface area (Å²) in [7, 11) is 0. The lowest BCUT2D eigenvalue weighted by atomic mass is 10.1. The van der Waals surface area contributed by atoms with Crippen molar-refractivity contribution in [2.75, 3.05) is 0 Å². The van der Waals surface area contributed by atoms with Crippen LogP contribution in [0.2, 0.25) is 0 Å². The average molecular weight is 187 g/mol. The first-order valence-corrected chi connectivity index (χ1v) is 5.04. The normalized spacial score (nSPS) is 18.6. The zero-order chi connectivity index (χ0) is 9.54. The molecule has 0 aliphatic heterocycles. The van der Waals surface area contributed by atoms with Crippen molar-refractivity contribution in [3.63, 3.8) is 0 Å². The van der Waals surface area contributed by atoms with E-state index in [4.69, 9.17) is 5.73 Å². The SMILES string of the molecule is NC(c1cnc2ccccn12)C1CC1. The lowest BCUT2D eigenvalue weighted by molar-refractivity contribution is 0.610. The highest BCUT2D eigenvalue weighted by Gasteiger charge is 2.31. The first-order chi connectivity index (χ1) is 6.86. The standard InChI is InChI=1S/C11H13N3/c12-11(8-4-5-8)9-7-13-10-3-1-2-6-14(9)10/h1-3,6-8,11H,4-5,12H2. The molecule has 2 heterocycles. The number of hydrogen-bond acceptors (Lipinski definition) is 2. The van der Waals surface area contributed by atoms with Gasteiger partial charge < -0.3 is 10.1 Å². The molecule has 2 aromatic rings. The molecule has 2 aromatic heterocycles. The van der Waals surface area contributed by atoms with E-state index in [0.717, 1.165) is 11.3 Å². The van der Waals surface area contributed by atoms with E-state index in [1.165, 1.54) is 12.8 Å². The number of pyridine rings is 1. The van der Waals surface area contributed by atoms with Crippen LogP contribution in [0.5, 0.6) is 0 Å². The van der Waals surface area contributed by atoms with Crippen LogP contribution in [0.1, 0.15) is 24.6 Å². The highest BCUT2D eigenvalue weighted by atomic mass is 15.0. The molecule has 1 atom stereocenters. The van der Waals surface area contributed by atoms with E-state index in [2.05, 4.69) is 9.38 Å². The molecule has 1 aliphatic rings. The van der Waals surface area contributed by atoms with Gasteiger partial charge in [-0.15, -0.1) is 0 Å². The molecule has 2 N–H and O–H groups in total. The Balaban J connectivity index is 2.11. The van der Waals surface area contributed by atoms with E-state index < -0.39 is 0 Å². The van der Waals surface area contributed by atoms with E-state index in [1.807, 2.05) is 30.6 Å². The van der Waals surface area contributed by atoms with Crippen LogP contribution in [0.4, 0.5) is 0 Å². The van der Waals surface area contributed by atoms with Crippen molar-refractivity contribution in [2.45, 2.75) is 18.9 Å². The lowest BCUT2D eigenvalue weighted by Crippen LogP contribution is -2.14. The van der Waals surface area contributed by atoms with E-state index >= 15 is 0 Å². The molecule has 1 saturated carbocycles. The molecule has 1 unspecified atom stereocenters. The minimum absolute atomic E-state index is 0.160. The number of rotatable bonds is 2. The largest absolute Gasteiger partial charge is 0.322 e. The van der Waals surface area contributed by atoms with Crippen molar-refractivity contribution < 1.29 is 0 Å². The molecule has 0 saturated heterocycles. The monoisotopic (exact) mass is 187 g/mol. The Kier molecular flexibility index (Phi) is 1.61. The van der Waals surface area contributed by atoms with Gasteiger partial charge in [0.2, 0.25) is 0 Å². The van der Waals surface area contributed by atoms with Crippen molar-refractivity contribution in [3.05, 3.63) is 36.3 Å². The number of imidazole rings is 1. The Morgan fingerprint density at radius 3 is 3.07 bits per heavy atom. The second-order valence-corrected chi connectivity index (χ2v) is 3.98. The fourth-order valence-electron chi connectivity index (χ4n) is 1.90. The zero-order valence-electron chi connectivity index (χ0n) is 7.93. The second kappa shape index (κ2) is 2.82. The van der Waals surface area contributed by atoms with Gasteiger partial charge in [0, 0.05) is 12.2 Å². The average Bonchev–Trinajstić information content (AvgIpc) is 2.97. The molecule has 0 bridgehead atoms. The van der Waals surface area contributed by atoms with Gasteiger partial charge in [0.1, 0.15) is 5.65 Å². The van der Waals surface area contributed by atoms with Crippen molar-refractivity contribution in [2.24, 2.45) is 11.7 Å². The van der Waals surface area contributed by atoms with E-state index in [-0.39, 0.29) is 6.04 Å². The molecule has 3 nitrogen and oxygen atoms in total. The van der Waals surface area contributed by atoms with Crippen LogP contribution in [0.3, 0.4) is 0 Å². The Bertz CT molecular complexity index is 456. The fraction of sp³-hybridized carbons (Fsp3) is 0.364. The molecular weight excluding hydrogens is 174 g/mol. The molecule has 14 heavy (non-hydrogen) atoms. The summed E-state index contributed by atoms with van der Waals surface area (Å²) in [6.07, 6.45) is 6.46. The van der Waals surface area contributed by atoms with Crippen LogP contribution in [-0.2, 0) is 0 Å². The van der Waals surface area contributed by atoms with Gasteiger partial charge in [-0.1, -0.05) is 6.07 Å². The second-order valence-electron chi connectivity index (χ2n) is 3.98. The zero-order valence-corrected chi connectivity index (χ0v) is 7.93. The maximum Gasteiger partial charge on any atom is 0.136 e. The molecule has 3 heteroatoms. The van der Waals surface area contributed by atoms with Gasteiger partial charge in [0.05, 0.1) is 11.9 Å². The summed E-state index contributed by atoms with van der Waals surface area (Å²) in [6.45, 7) is 0. The molecule has 1 aliphatic carbocycles. The van der Waals surface area contributed by atoms with Crippen molar-refractivity contribution >= 4 is 5.65 Å². The summed E-state index contributed by atoms with van der Waals surface area (Å²) < 4.78 is 2.09. The molecule has 0 radical (unpaired) electrons. The topological polar surface area (TPSA) is 43.3 Å². The predicted molar refractivity (Wildman–Crippen MR) is 54.8 cm³/mol. The van der Waals surface area contributed by atoms with Crippen LogP contribution < -0.4 is 5.73 Å². The number of hydrogen-bond donors (Lipinski definition) is 1. The van der Waals surface area contributed by atoms with E-state index in [0.29, 0.717) is 5.92 Å². The van der Waals surface area contributed by atoms with Crippen LogP contribution in [0, 0.1) is 5.92 Å². The first-order valence-electron chi connectivity index (χ1n) is 5.04. The van der Waals surface area contributed by atoms with E-state index in [1.54, 1.807) is 0 Å². The van der Waals surface area contributed by atoms with Gasteiger partial charge in [-0.3, -0.25) is 0 Å². The van der Waals surface area contributed by atoms with Gasteiger partial charge in [-0.2, -0.15) is 0 Å². The summed E-state index contributed by atoms with van der Waals surface area (Å²) in [4.78, 5) is 4.33. The highest BCUT2D eigenvalue weighted by molar-refractivity contribution is 5.40. The quantitative estimate of drug-likeness (QED) is 0.778. The maximum atomic E-state index is 6.15. The Morgan fingerprint density at radius 1 is 1.43 bits per heavy atom. The third-order valence-corrected chi connectivity index (χ3v) is 2.92. The highest BCUT2D eigenvalue weighted by Crippen LogP contribution is 2.39. The van der Waals surface area contributed by atoms with Crippen LogP contribution in [0.15, 0.2) is 30.6 Å². The Morgan fingerprint density at radius 2 is 2.29 bits per heavy atom. The summed E-state index contributed by atoms with van der Waals surface area (Å²) in [5.41, 5.74) is 8.28. The summed E-state index contributed by atoms with van der Waals surface area (Å²) in [5.74, 6) is 0.676. The van der Waals surface area contributed by atoms with Crippen LogP contribution in [-0.4, -0.2) is 9.38 Å². The van der Waals surface area contributed by atoms with Crippen molar-refractivity contribution in [1.29, 1.82) is 0 Å². The van der Waals surface area contributed by atoms with Gasteiger partial charge in [-0.05, 0) is 30.9 Å². The van der Waals surface area contributed by atoms with Crippen LogP contribution in [0.25, 0.3) is 5.65 Å². The van der Waals surface area contributed by atoms with Gasteiger partial charge in [0.25, 0.3) is 0 Å². The molecule has 1 fully saturated rings. The summed E-state index contributed by atoms with van der Waals surface area (Å²) >= 11 is 0. The summed E-state index contributed by atoms with van der Waals surface area (Å²) in [5, 5.41) is 0. The number of nitrogens with zero attached hydrogens (tertiary/aromatic N) is 2. The predicted octanol–water partition coefficient (Wildman–Crippen LogP) is 1.74. The van der Waals surface area contributed by atoms with E-state index in [9.17, 15) is 0 Å². The molecule has 72 valence electrons. The lowest BCUT2D eigenvalue weighted by Gasteiger charge is -2.09. The maximum absolute atomic E-state index is 6.15. The number of nitrogens with two attached hydrogens (primary N) is 1. The minimum atomic E-state index is 0.160. The first kappa shape index (κ1) is 8.00. The molecule has 0 aromatic carbocycles. The summed E-state index contributed by atoms with van der Waals surface area (Å²) in [6, 6.07) is 6.17. The molecule has 3 rings (SSSR count). The van der Waals surface area contributed by atoms with Gasteiger partial charge in [-0.25, -0.2) is 4.98 Å². The molecule has 0 amide bonds. The smallest absolute Gasteiger partial charge is 0.136 e. The third kappa shape index (κ3) is 1.13. The van der Waals surface area contributed by atoms with Crippen molar-refractivity contribution in [1.82, 2.24) is 9.38 Å². The Labute approximate surface area is 82.6 Å². The number of fused-ring (bicyclic) bond motifs is 1. The van der Waals surface area contributed by atoms with Gasteiger partial charge in [0.15, 0.2) is 0 Å². The van der Waals surface area contributed by atoms with Crippen molar-refractivity contribution in [3.8, 4) is 0 Å². The van der Waals surface area contributed by atoms with Crippen LogP contribution >= 0.6 is 0 Å². The third-order valence-electron chi connectivity index (χ3n) is 2.92. The molecule has 0 spiro atoms. The fourth-order valence-corrected chi connectivity index (χ4v) is 1.90. The molecular formula is C11H13N3. The van der Waals surface area contributed by atoms with Gasteiger partial charge >= 0.3 is 0 Å². The minimum Gasteiger partial charge on any atom is -0.322 e. The number of aromatic nitrogens is 2.